The van der Waals surface area contributed by atoms with Crippen molar-refractivity contribution in [1.82, 2.24) is 10.1 Å². The molecule has 2 amide bonds. The first-order chi connectivity index (χ1) is 10.7. The Bertz CT molecular complexity index is 657. The molecule has 0 bridgehead atoms. The number of aromatic nitrogens is 1. The van der Waals surface area contributed by atoms with E-state index in [9.17, 15) is 9.59 Å². The van der Waals surface area contributed by atoms with Crippen molar-refractivity contribution in [3.05, 3.63) is 48.2 Å². The fourth-order valence-corrected chi connectivity index (χ4v) is 2.45. The third-order valence-corrected chi connectivity index (χ3v) is 3.57. The Balaban J connectivity index is 1.87. The smallest absolute Gasteiger partial charge is 0.257 e. The van der Waals surface area contributed by atoms with Crippen LogP contribution in [0.4, 0.5) is 5.82 Å². The maximum atomic E-state index is 12.4. The van der Waals surface area contributed by atoms with Crippen LogP contribution in [0.2, 0.25) is 0 Å². The summed E-state index contributed by atoms with van der Waals surface area (Å²) in [5.41, 5.74) is 0.832. The van der Waals surface area contributed by atoms with Gasteiger partial charge in [-0.1, -0.05) is 35.5 Å². The summed E-state index contributed by atoms with van der Waals surface area (Å²) in [5.74, 6) is -0.235. The first-order valence-corrected chi connectivity index (χ1v) is 6.80. The molecule has 1 aromatic heterocycles. The average Bonchev–Trinajstić information content (AvgIpc) is 3.03. The van der Waals surface area contributed by atoms with Crippen molar-refractivity contribution in [2.45, 2.75) is 12.1 Å². The van der Waals surface area contributed by atoms with E-state index in [2.05, 4.69) is 15.0 Å². The third kappa shape index (κ3) is 2.71. The summed E-state index contributed by atoms with van der Waals surface area (Å²) >= 11 is 0. The van der Waals surface area contributed by atoms with Crippen molar-refractivity contribution in [3.8, 4) is 0 Å². The van der Waals surface area contributed by atoms with Gasteiger partial charge in [-0.15, -0.1) is 0 Å². The lowest BCUT2D eigenvalue weighted by atomic mass is 9.97. The number of carbonyl (C=O) groups excluding carboxylic acids is 2. The van der Waals surface area contributed by atoms with Crippen LogP contribution in [0, 0.1) is 0 Å². The van der Waals surface area contributed by atoms with Crippen molar-refractivity contribution in [2.24, 2.45) is 0 Å². The second-order valence-electron chi connectivity index (χ2n) is 4.97. The van der Waals surface area contributed by atoms with Gasteiger partial charge >= 0.3 is 0 Å². The molecule has 0 unspecified atom stereocenters. The Morgan fingerprint density at radius 1 is 1.32 bits per heavy atom. The largest absolute Gasteiger partial charge is 0.363 e. The van der Waals surface area contributed by atoms with E-state index in [1.807, 2.05) is 30.3 Å². The molecule has 0 radical (unpaired) electrons. The minimum Gasteiger partial charge on any atom is -0.363 e. The SMILES string of the molecule is CN1C(=O)CO[C@H](C(=O)Nc2ccon2)[C@@H]1c1ccccc1. The Hall–Kier alpha value is -2.67. The van der Waals surface area contributed by atoms with Crippen LogP contribution < -0.4 is 5.32 Å². The standard InChI is InChI=1S/C15H15N3O4/c1-18-12(19)9-21-14(13(18)10-5-3-2-4-6-10)15(20)16-11-7-8-22-17-11/h2-8,13-14H,9H2,1H3,(H,16,17,20)/t13-,14-/m0/s1. The highest BCUT2D eigenvalue weighted by atomic mass is 16.5. The Labute approximate surface area is 126 Å². The van der Waals surface area contributed by atoms with Crippen molar-refractivity contribution in [3.63, 3.8) is 0 Å². The summed E-state index contributed by atoms with van der Waals surface area (Å²) in [6.45, 7) is -0.128. The molecule has 0 spiro atoms. The molecule has 1 saturated heterocycles. The van der Waals surface area contributed by atoms with Crippen molar-refractivity contribution >= 4 is 17.6 Å². The molecule has 1 aromatic carbocycles. The number of anilines is 1. The zero-order valence-corrected chi connectivity index (χ0v) is 11.9. The molecular formula is C15H15N3O4. The maximum Gasteiger partial charge on any atom is 0.257 e. The summed E-state index contributed by atoms with van der Waals surface area (Å²) in [7, 11) is 1.67. The number of rotatable bonds is 3. The predicted molar refractivity (Wildman–Crippen MR) is 76.8 cm³/mol. The first-order valence-electron chi connectivity index (χ1n) is 6.80. The molecule has 1 N–H and O–H groups in total. The minimum absolute atomic E-state index is 0.128. The Kier molecular flexibility index (Phi) is 3.88. The molecule has 1 aliphatic heterocycles. The highest BCUT2D eigenvalue weighted by Crippen LogP contribution is 2.29. The Morgan fingerprint density at radius 2 is 2.09 bits per heavy atom. The van der Waals surface area contributed by atoms with Crippen LogP contribution in [0.25, 0.3) is 0 Å². The fourth-order valence-electron chi connectivity index (χ4n) is 2.45. The van der Waals surface area contributed by atoms with Gasteiger partial charge in [0.1, 0.15) is 12.9 Å². The van der Waals surface area contributed by atoms with Crippen molar-refractivity contribution < 1.29 is 18.8 Å². The van der Waals surface area contributed by atoms with Gasteiger partial charge in [-0.05, 0) is 5.56 Å². The van der Waals surface area contributed by atoms with Crippen molar-refractivity contribution in [2.75, 3.05) is 19.0 Å². The topological polar surface area (TPSA) is 84.7 Å². The number of morpholine rings is 1. The lowest BCUT2D eigenvalue weighted by Crippen LogP contribution is -2.51. The predicted octanol–water partition coefficient (Wildman–Crippen LogP) is 1.21. The first kappa shape index (κ1) is 14.3. The average molecular weight is 301 g/mol. The molecule has 22 heavy (non-hydrogen) atoms. The van der Waals surface area contributed by atoms with Crippen LogP contribution in [-0.2, 0) is 14.3 Å². The molecule has 3 rings (SSSR count). The number of benzene rings is 1. The summed E-state index contributed by atoms with van der Waals surface area (Å²) in [6, 6.07) is 10.4. The summed E-state index contributed by atoms with van der Waals surface area (Å²) in [6.07, 6.45) is 0.545. The van der Waals surface area contributed by atoms with Crippen LogP contribution in [0.3, 0.4) is 0 Å². The number of ether oxygens (including phenoxy) is 1. The van der Waals surface area contributed by atoms with E-state index in [0.29, 0.717) is 5.82 Å². The summed E-state index contributed by atoms with van der Waals surface area (Å²) < 4.78 is 10.2. The van der Waals surface area contributed by atoms with E-state index < -0.39 is 12.1 Å². The minimum atomic E-state index is -0.818. The molecule has 2 aromatic rings. The molecule has 2 heterocycles. The van der Waals surface area contributed by atoms with E-state index in [0.717, 1.165) is 5.56 Å². The summed E-state index contributed by atoms with van der Waals surface area (Å²) in [4.78, 5) is 25.9. The molecular weight excluding hydrogens is 286 g/mol. The highest BCUT2D eigenvalue weighted by molar-refractivity contribution is 5.95. The number of amides is 2. The second kappa shape index (κ2) is 5.98. The zero-order valence-electron chi connectivity index (χ0n) is 11.9. The van der Waals surface area contributed by atoms with Gasteiger partial charge in [-0.25, -0.2) is 0 Å². The van der Waals surface area contributed by atoms with Crippen LogP contribution >= 0.6 is 0 Å². The molecule has 2 atom stereocenters. The van der Waals surface area contributed by atoms with E-state index >= 15 is 0 Å². The van der Waals surface area contributed by atoms with Crippen LogP contribution in [0.15, 0.2) is 47.2 Å². The van der Waals surface area contributed by atoms with Gasteiger partial charge in [0.15, 0.2) is 11.9 Å². The van der Waals surface area contributed by atoms with Gasteiger partial charge in [0, 0.05) is 13.1 Å². The van der Waals surface area contributed by atoms with Gasteiger partial charge in [0.05, 0.1) is 6.04 Å². The molecule has 7 heteroatoms. The fraction of sp³-hybridized carbons (Fsp3) is 0.267. The van der Waals surface area contributed by atoms with Gasteiger partial charge < -0.3 is 19.5 Å². The second-order valence-corrected chi connectivity index (χ2v) is 4.97. The Morgan fingerprint density at radius 3 is 2.77 bits per heavy atom. The van der Waals surface area contributed by atoms with Gasteiger partial charge in [0.25, 0.3) is 5.91 Å². The molecule has 7 nitrogen and oxygen atoms in total. The van der Waals surface area contributed by atoms with Crippen LogP contribution in [-0.4, -0.2) is 41.6 Å². The van der Waals surface area contributed by atoms with E-state index in [-0.39, 0.29) is 18.4 Å². The van der Waals surface area contributed by atoms with Crippen LogP contribution in [0.5, 0.6) is 0 Å². The van der Waals surface area contributed by atoms with Gasteiger partial charge in [-0.2, -0.15) is 0 Å². The van der Waals surface area contributed by atoms with E-state index in [1.165, 1.54) is 17.2 Å². The molecule has 1 fully saturated rings. The number of likely N-dealkylation sites (N-methyl/N-ethyl adjacent to an activating group) is 1. The van der Waals surface area contributed by atoms with Crippen LogP contribution in [0.1, 0.15) is 11.6 Å². The van der Waals surface area contributed by atoms with Crippen molar-refractivity contribution in [1.29, 1.82) is 0 Å². The maximum absolute atomic E-state index is 12.4. The molecule has 0 saturated carbocycles. The third-order valence-electron chi connectivity index (χ3n) is 3.57. The molecule has 1 aliphatic rings. The van der Waals surface area contributed by atoms with Gasteiger partial charge in [-0.3, -0.25) is 9.59 Å². The van der Waals surface area contributed by atoms with Gasteiger partial charge in [0.2, 0.25) is 5.91 Å². The summed E-state index contributed by atoms with van der Waals surface area (Å²) in [5, 5.41) is 6.26. The lowest BCUT2D eigenvalue weighted by Gasteiger charge is -2.38. The van der Waals surface area contributed by atoms with E-state index in [4.69, 9.17) is 4.74 Å². The molecule has 0 aliphatic carbocycles. The number of hydrogen-bond acceptors (Lipinski definition) is 5. The number of nitrogens with zero attached hydrogens (tertiary/aromatic N) is 2. The zero-order chi connectivity index (χ0) is 15.5. The lowest BCUT2D eigenvalue weighted by molar-refractivity contribution is -0.160. The molecule has 114 valence electrons. The number of hydrogen-bond donors (Lipinski definition) is 1. The monoisotopic (exact) mass is 301 g/mol. The number of carbonyl (C=O) groups is 2. The highest BCUT2D eigenvalue weighted by Gasteiger charge is 2.40. The normalized spacial score (nSPS) is 21.7. The quantitative estimate of drug-likeness (QED) is 0.921. The number of nitrogens with one attached hydrogen (secondary N) is 1. The van der Waals surface area contributed by atoms with E-state index in [1.54, 1.807) is 7.05 Å².